The van der Waals surface area contributed by atoms with Crippen LogP contribution in [0.4, 0.5) is 0 Å². The van der Waals surface area contributed by atoms with Gasteiger partial charge in [-0.15, -0.1) is 0 Å². The summed E-state index contributed by atoms with van der Waals surface area (Å²) in [6.07, 6.45) is 3.26. The number of hydrogen-bond acceptors (Lipinski definition) is 2. The molecule has 3 heteroatoms. The van der Waals surface area contributed by atoms with Crippen LogP contribution >= 0.6 is 0 Å². The van der Waals surface area contributed by atoms with Gasteiger partial charge in [0.1, 0.15) is 0 Å². The van der Waals surface area contributed by atoms with E-state index < -0.39 is 0 Å². The molecule has 3 nitrogen and oxygen atoms in total. The zero-order chi connectivity index (χ0) is 9.68. The van der Waals surface area contributed by atoms with Crippen molar-refractivity contribution >= 4 is 5.91 Å². The molecule has 2 atom stereocenters. The number of rotatable bonds is 4. The lowest BCUT2D eigenvalue weighted by Gasteiger charge is -2.24. The van der Waals surface area contributed by atoms with Crippen molar-refractivity contribution in [3.63, 3.8) is 0 Å². The highest BCUT2D eigenvalue weighted by molar-refractivity contribution is 5.82. The first-order valence-corrected chi connectivity index (χ1v) is 5.25. The van der Waals surface area contributed by atoms with Crippen LogP contribution in [-0.2, 0) is 4.79 Å². The third kappa shape index (κ3) is 3.35. The van der Waals surface area contributed by atoms with Gasteiger partial charge in [-0.25, -0.2) is 0 Å². The number of nitrogens with one attached hydrogen (secondary N) is 2. The Kier molecular flexibility index (Phi) is 4.22. The Balaban J connectivity index is 2.22. The summed E-state index contributed by atoms with van der Waals surface area (Å²) >= 11 is 0. The maximum absolute atomic E-state index is 11.3. The molecule has 1 aliphatic heterocycles. The van der Waals surface area contributed by atoms with Gasteiger partial charge < -0.3 is 10.6 Å². The molecule has 1 heterocycles. The third-order valence-corrected chi connectivity index (χ3v) is 2.69. The Morgan fingerprint density at radius 2 is 2.46 bits per heavy atom. The monoisotopic (exact) mass is 184 g/mol. The van der Waals surface area contributed by atoms with Crippen molar-refractivity contribution < 1.29 is 4.79 Å². The van der Waals surface area contributed by atoms with Gasteiger partial charge in [-0.2, -0.15) is 0 Å². The molecule has 1 rings (SSSR count). The van der Waals surface area contributed by atoms with Gasteiger partial charge in [0, 0.05) is 6.54 Å². The molecule has 76 valence electrons. The molecule has 2 unspecified atom stereocenters. The van der Waals surface area contributed by atoms with Crippen molar-refractivity contribution in [1.29, 1.82) is 0 Å². The number of amides is 1. The van der Waals surface area contributed by atoms with Crippen molar-refractivity contribution in [1.82, 2.24) is 10.6 Å². The second-order valence-corrected chi connectivity index (χ2v) is 3.91. The fraction of sp³-hybridized carbons (Fsp3) is 0.900. The van der Waals surface area contributed by atoms with Gasteiger partial charge in [-0.1, -0.05) is 20.3 Å². The van der Waals surface area contributed by atoms with Crippen LogP contribution < -0.4 is 10.6 Å². The molecule has 0 saturated carbocycles. The Morgan fingerprint density at radius 1 is 1.69 bits per heavy atom. The second kappa shape index (κ2) is 5.22. The minimum Gasteiger partial charge on any atom is -0.355 e. The molecule has 0 aromatic carbocycles. The molecule has 13 heavy (non-hydrogen) atoms. The fourth-order valence-corrected chi connectivity index (χ4v) is 1.45. The maximum Gasteiger partial charge on any atom is 0.237 e. The molecule has 0 bridgehead atoms. The van der Waals surface area contributed by atoms with Crippen LogP contribution in [0.5, 0.6) is 0 Å². The topological polar surface area (TPSA) is 41.1 Å². The number of hydrogen-bond donors (Lipinski definition) is 2. The molecule has 1 saturated heterocycles. The van der Waals surface area contributed by atoms with Gasteiger partial charge in [-0.3, -0.25) is 4.79 Å². The summed E-state index contributed by atoms with van der Waals surface area (Å²) < 4.78 is 0. The number of piperidine rings is 1. The second-order valence-electron chi connectivity index (χ2n) is 3.91. The third-order valence-electron chi connectivity index (χ3n) is 2.69. The number of carbonyl (C=O) groups excluding carboxylic acids is 1. The van der Waals surface area contributed by atoms with Gasteiger partial charge in [0.25, 0.3) is 0 Å². The van der Waals surface area contributed by atoms with Gasteiger partial charge in [0.2, 0.25) is 5.91 Å². The Bertz CT molecular complexity index is 170. The summed E-state index contributed by atoms with van der Waals surface area (Å²) in [5.41, 5.74) is 0. The first-order valence-electron chi connectivity index (χ1n) is 5.25. The smallest absolute Gasteiger partial charge is 0.237 e. The predicted molar refractivity (Wildman–Crippen MR) is 53.5 cm³/mol. The Morgan fingerprint density at radius 3 is 3.08 bits per heavy atom. The highest BCUT2D eigenvalue weighted by Gasteiger charge is 2.21. The van der Waals surface area contributed by atoms with Gasteiger partial charge in [0.05, 0.1) is 6.04 Å². The van der Waals surface area contributed by atoms with Crippen molar-refractivity contribution in [2.24, 2.45) is 5.92 Å². The van der Waals surface area contributed by atoms with E-state index in [-0.39, 0.29) is 11.9 Å². The SMILES string of the molecule is CCC(C)CNC1CCCNC1=O. The Labute approximate surface area is 80.3 Å². The highest BCUT2D eigenvalue weighted by Crippen LogP contribution is 2.04. The molecule has 1 amide bonds. The largest absolute Gasteiger partial charge is 0.355 e. The van der Waals surface area contributed by atoms with Crippen LogP contribution in [0.2, 0.25) is 0 Å². The fourth-order valence-electron chi connectivity index (χ4n) is 1.45. The van der Waals surface area contributed by atoms with Crippen LogP contribution in [0, 0.1) is 5.92 Å². The first kappa shape index (κ1) is 10.5. The van der Waals surface area contributed by atoms with Crippen LogP contribution in [0.25, 0.3) is 0 Å². The lowest BCUT2D eigenvalue weighted by molar-refractivity contribution is -0.124. The van der Waals surface area contributed by atoms with E-state index in [0.29, 0.717) is 5.92 Å². The van der Waals surface area contributed by atoms with E-state index in [2.05, 4.69) is 24.5 Å². The van der Waals surface area contributed by atoms with Crippen molar-refractivity contribution in [3.8, 4) is 0 Å². The molecular formula is C10H20N2O. The predicted octanol–water partition coefficient (Wildman–Crippen LogP) is 0.901. The van der Waals surface area contributed by atoms with E-state index in [1.807, 2.05) is 0 Å². The molecule has 0 aromatic heterocycles. The molecule has 1 aliphatic rings. The zero-order valence-electron chi connectivity index (χ0n) is 8.60. The van der Waals surface area contributed by atoms with Crippen LogP contribution in [0.15, 0.2) is 0 Å². The van der Waals surface area contributed by atoms with E-state index >= 15 is 0 Å². The highest BCUT2D eigenvalue weighted by atomic mass is 16.2. The summed E-state index contributed by atoms with van der Waals surface area (Å²) in [6.45, 7) is 6.18. The molecule has 2 N–H and O–H groups in total. The van der Waals surface area contributed by atoms with Gasteiger partial charge in [0.15, 0.2) is 0 Å². The van der Waals surface area contributed by atoms with Crippen molar-refractivity contribution in [2.45, 2.75) is 39.2 Å². The maximum atomic E-state index is 11.3. The van der Waals surface area contributed by atoms with Gasteiger partial charge >= 0.3 is 0 Å². The summed E-state index contributed by atoms with van der Waals surface area (Å²) in [7, 11) is 0. The average molecular weight is 184 g/mol. The molecule has 0 spiro atoms. The molecular weight excluding hydrogens is 164 g/mol. The summed E-state index contributed by atoms with van der Waals surface area (Å²) in [4.78, 5) is 11.3. The first-order chi connectivity index (χ1) is 6.24. The molecule has 0 aliphatic carbocycles. The summed E-state index contributed by atoms with van der Waals surface area (Å²) in [6, 6.07) is 0.0581. The minimum absolute atomic E-state index is 0.0581. The van der Waals surface area contributed by atoms with Crippen LogP contribution in [0.3, 0.4) is 0 Å². The summed E-state index contributed by atoms with van der Waals surface area (Å²) in [5.74, 6) is 0.837. The lowest BCUT2D eigenvalue weighted by Crippen LogP contribution is -2.49. The van der Waals surface area contributed by atoms with Crippen LogP contribution in [-0.4, -0.2) is 25.0 Å². The molecule has 0 radical (unpaired) electrons. The Hall–Kier alpha value is -0.570. The normalized spacial score (nSPS) is 25.4. The summed E-state index contributed by atoms with van der Waals surface area (Å²) in [5, 5.41) is 6.18. The van der Waals surface area contributed by atoms with E-state index in [1.165, 1.54) is 6.42 Å². The molecule has 0 aromatic rings. The van der Waals surface area contributed by atoms with Crippen LogP contribution in [0.1, 0.15) is 33.1 Å². The average Bonchev–Trinajstić information content (AvgIpc) is 2.16. The van der Waals surface area contributed by atoms with Gasteiger partial charge in [-0.05, 0) is 25.3 Å². The standard InChI is InChI=1S/C10H20N2O/c1-3-8(2)7-12-9-5-4-6-11-10(9)13/h8-9,12H,3-7H2,1-2H3,(H,11,13). The number of carbonyl (C=O) groups is 1. The zero-order valence-corrected chi connectivity index (χ0v) is 8.60. The van der Waals surface area contributed by atoms with E-state index in [0.717, 1.165) is 25.9 Å². The minimum atomic E-state index is 0.0581. The van der Waals surface area contributed by atoms with E-state index in [9.17, 15) is 4.79 Å². The molecule has 1 fully saturated rings. The van der Waals surface area contributed by atoms with E-state index in [1.54, 1.807) is 0 Å². The lowest BCUT2D eigenvalue weighted by atomic mass is 10.0. The van der Waals surface area contributed by atoms with Crippen molar-refractivity contribution in [2.75, 3.05) is 13.1 Å². The van der Waals surface area contributed by atoms with E-state index in [4.69, 9.17) is 0 Å². The van der Waals surface area contributed by atoms with Crippen molar-refractivity contribution in [3.05, 3.63) is 0 Å². The quantitative estimate of drug-likeness (QED) is 0.681.